The van der Waals surface area contributed by atoms with E-state index in [1.807, 2.05) is 30.3 Å². The van der Waals surface area contributed by atoms with E-state index in [0.717, 1.165) is 12.2 Å². The Hall–Kier alpha value is -2.86. The maximum Gasteiger partial charge on any atom is 0.337 e. The fraction of sp³-hybridized carbons (Fsp3) is 0.333. The maximum atomic E-state index is 12.4. The monoisotopic (exact) mass is 369 g/mol. The quantitative estimate of drug-likeness (QED) is 0.529. The molecule has 1 aliphatic rings. The molecular formula is C21H23NO5. The Morgan fingerprint density at radius 3 is 2.30 bits per heavy atom. The number of likely N-dealkylation sites (tertiary alicyclic amines) is 1. The largest absolute Gasteiger partial charge is 0.494 e. The zero-order valence-electron chi connectivity index (χ0n) is 15.3. The van der Waals surface area contributed by atoms with Gasteiger partial charge in [0.2, 0.25) is 0 Å². The fourth-order valence-electron chi connectivity index (χ4n) is 2.77. The lowest BCUT2D eigenvalue weighted by Crippen LogP contribution is -2.54. The van der Waals surface area contributed by atoms with Crippen LogP contribution in [0.15, 0.2) is 54.6 Å². The number of carbonyl (C=O) groups excluding carboxylic acids is 2. The number of ether oxygens (including phenoxy) is 3. The molecule has 3 rings (SSSR count). The zero-order valence-corrected chi connectivity index (χ0v) is 15.3. The van der Waals surface area contributed by atoms with E-state index in [4.69, 9.17) is 9.47 Å². The number of amides is 1. The molecule has 0 atom stereocenters. The summed E-state index contributed by atoms with van der Waals surface area (Å²) in [4.78, 5) is 25.5. The Morgan fingerprint density at radius 1 is 0.963 bits per heavy atom. The number of rotatable bonds is 8. The number of nitrogens with zero attached hydrogens (tertiary/aromatic N) is 1. The third-order valence-corrected chi connectivity index (χ3v) is 4.34. The van der Waals surface area contributed by atoms with Gasteiger partial charge in [0.1, 0.15) is 5.75 Å². The molecule has 0 aromatic heterocycles. The van der Waals surface area contributed by atoms with E-state index in [1.165, 1.54) is 7.11 Å². The van der Waals surface area contributed by atoms with E-state index in [0.29, 0.717) is 37.4 Å². The lowest BCUT2D eigenvalue weighted by molar-refractivity contribution is -0.0449. The van der Waals surface area contributed by atoms with Crippen molar-refractivity contribution in [2.45, 2.75) is 12.5 Å². The summed E-state index contributed by atoms with van der Waals surface area (Å²) in [6.45, 7) is 2.37. The molecular weight excluding hydrogens is 346 g/mol. The van der Waals surface area contributed by atoms with Crippen LogP contribution in [0, 0.1) is 0 Å². The second-order valence-corrected chi connectivity index (χ2v) is 6.29. The molecule has 27 heavy (non-hydrogen) atoms. The van der Waals surface area contributed by atoms with Crippen LogP contribution in [-0.2, 0) is 9.47 Å². The normalized spacial score (nSPS) is 13.7. The third-order valence-electron chi connectivity index (χ3n) is 4.34. The first-order valence-corrected chi connectivity index (χ1v) is 8.94. The highest BCUT2D eigenvalue weighted by Crippen LogP contribution is 2.17. The fourth-order valence-corrected chi connectivity index (χ4v) is 2.77. The summed E-state index contributed by atoms with van der Waals surface area (Å²) in [7, 11) is 1.33. The highest BCUT2D eigenvalue weighted by atomic mass is 16.5. The molecule has 2 aromatic carbocycles. The van der Waals surface area contributed by atoms with Crippen molar-refractivity contribution in [2.24, 2.45) is 0 Å². The predicted octanol–water partition coefficient (Wildman–Crippen LogP) is 2.78. The average Bonchev–Trinajstić information content (AvgIpc) is 2.69. The molecule has 2 aromatic rings. The summed E-state index contributed by atoms with van der Waals surface area (Å²) in [5.41, 5.74) is 0.981. The number of para-hydroxylation sites is 1. The molecule has 6 nitrogen and oxygen atoms in total. The highest BCUT2D eigenvalue weighted by molar-refractivity contribution is 5.96. The number of carbonyl (C=O) groups is 2. The predicted molar refractivity (Wildman–Crippen MR) is 100.0 cm³/mol. The van der Waals surface area contributed by atoms with E-state index in [1.54, 1.807) is 29.2 Å². The molecule has 1 aliphatic heterocycles. The molecule has 1 amide bonds. The van der Waals surface area contributed by atoms with Crippen LogP contribution >= 0.6 is 0 Å². The summed E-state index contributed by atoms with van der Waals surface area (Å²) >= 11 is 0. The van der Waals surface area contributed by atoms with Crippen LogP contribution < -0.4 is 4.74 Å². The number of benzene rings is 2. The van der Waals surface area contributed by atoms with Gasteiger partial charge >= 0.3 is 5.97 Å². The van der Waals surface area contributed by atoms with Gasteiger partial charge in [-0.15, -0.1) is 0 Å². The minimum Gasteiger partial charge on any atom is -0.494 e. The van der Waals surface area contributed by atoms with Gasteiger partial charge in [0.05, 0.1) is 32.0 Å². The second kappa shape index (κ2) is 9.19. The number of hydrogen-bond acceptors (Lipinski definition) is 5. The maximum absolute atomic E-state index is 12.4. The third kappa shape index (κ3) is 5.08. The molecule has 0 N–H and O–H groups in total. The van der Waals surface area contributed by atoms with E-state index >= 15 is 0 Å². The Labute approximate surface area is 158 Å². The van der Waals surface area contributed by atoms with Gasteiger partial charge in [-0.25, -0.2) is 4.79 Å². The van der Waals surface area contributed by atoms with Gasteiger partial charge in [0.25, 0.3) is 5.91 Å². The van der Waals surface area contributed by atoms with Gasteiger partial charge in [-0.2, -0.15) is 0 Å². The summed E-state index contributed by atoms with van der Waals surface area (Å²) in [6.07, 6.45) is 0.869. The van der Waals surface area contributed by atoms with Crippen LogP contribution in [-0.4, -0.2) is 56.3 Å². The summed E-state index contributed by atoms with van der Waals surface area (Å²) in [5, 5.41) is 0. The van der Waals surface area contributed by atoms with Crippen molar-refractivity contribution < 1.29 is 23.8 Å². The lowest BCUT2D eigenvalue weighted by atomic mass is 10.1. The molecule has 0 radical (unpaired) electrons. The summed E-state index contributed by atoms with van der Waals surface area (Å²) < 4.78 is 16.0. The van der Waals surface area contributed by atoms with Crippen molar-refractivity contribution in [3.8, 4) is 5.75 Å². The minimum absolute atomic E-state index is 0.0568. The SMILES string of the molecule is COC(=O)c1ccc(C(=O)N2CC(OCCCOc3ccccc3)C2)cc1. The summed E-state index contributed by atoms with van der Waals surface area (Å²) in [6, 6.07) is 16.2. The molecule has 1 saturated heterocycles. The van der Waals surface area contributed by atoms with E-state index in [9.17, 15) is 9.59 Å². The average molecular weight is 369 g/mol. The van der Waals surface area contributed by atoms with E-state index < -0.39 is 5.97 Å². The Bertz CT molecular complexity index is 754. The number of methoxy groups -OCH3 is 1. The second-order valence-electron chi connectivity index (χ2n) is 6.29. The first kappa shape index (κ1) is 18.9. The van der Waals surface area contributed by atoms with Crippen molar-refractivity contribution in [1.82, 2.24) is 4.90 Å². The van der Waals surface area contributed by atoms with Gasteiger partial charge in [-0.1, -0.05) is 18.2 Å². The van der Waals surface area contributed by atoms with Crippen molar-refractivity contribution in [3.05, 3.63) is 65.7 Å². The Morgan fingerprint density at radius 2 is 1.63 bits per heavy atom. The van der Waals surface area contributed by atoms with Crippen LogP contribution in [0.1, 0.15) is 27.1 Å². The zero-order chi connectivity index (χ0) is 19.1. The molecule has 0 aliphatic carbocycles. The molecule has 1 heterocycles. The first-order valence-electron chi connectivity index (χ1n) is 8.94. The molecule has 0 unspecified atom stereocenters. The van der Waals surface area contributed by atoms with Crippen molar-refractivity contribution in [1.29, 1.82) is 0 Å². The van der Waals surface area contributed by atoms with E-state index in [2.05, 4.69) is 4.74 Å². The molecule has 142 valence electrons. The van der Waals surface area contributed by atoms with Gasteiger partial charge < -0.3 is 19.1 Å². The van der Waals surface area contributed by atoms with Crippen LogP contribution in [0.2, 0.25) is 0 Å². The van der Waals surface area contributed by atoms with Crippen molar-refractivity contribution in [3.63, 3.8) is 0 Å². The van der Waals surface area contributed by atoms with Crippen LogP contribution in [0.25, 0.3) is 0 Å². The molecule has 6 heteroatoms. The van der Waals surface area contributed by atoms with Gasteiger partial charge in [-0.05, 0) is 36.4 Å². The van der Waals surface area contributed by atoms with Crippen molar-refractivity contribution in [2.75, 3.05) is 33.4 Å². The van der Waals surface area contributed by atoms with Crippen LogP contribution in [0.4, 0.5) is 0 Å². The van der Waals surface area contributed by atoms with Crippen LogP contribution in [0.5, 0.6) is 5.75 Å². The van der Waals surface area contributed by atoms with Gasteiger partial charge in [0.15, 0.2) is 0 Å². The molecule has 0 spiro atoms. The smallest absolute Gasteiger partial charge is 0.337 e. The van der Waals surface area contributed by atoms with Crippen LogP contribution in [0.3, 0.4) is 0 Å². The minimum atomic E-state index is -0.414. The Balaban J connectivity index is 1.33. The molecule has 0 saturated carbocycles. The summed E-state index contributed by atoms with van der Waals surface area (Å²) in [5.74, 6) is 0.387. The van der Waals surface area contributed by atoms with Gasteiger partial charge in [-0.3, -0.25) is 4.79 Å². The number of hydrogen-bond donors (Lipinski definition) is 0. The van der Waals surface area contributed by atoms with Gasteiger partial charge in [0, 0.05) is 25.1 Å². The lowest BCUT2D eigenvalue weighted by Gasteiger charge is -2.39. The Kier molecular flexibility index (Phi) is 6.44. The highest BCUT2D eigenvalue weighted by Gasteiger charge is 2.31. The topological polar surface area (TPSA) is 65.1 Å². The van der Waals surface area contributed by atoms with E-state index in [-0.39, 0.29) is 12.0 Å². The molecule has 0 bridgehead atoms. The molecule has 1 fully saturated rings. The number of esters is 1. The standard InChI is InChI=1S/C21H23NO5/c1-25-21(24)17-10-8-16(9-11-17)20(23)22-14-19(15-22)27-13-5-12-26-18-6-3-2-4-7-18/h2-4,6-11,19H,5,12-15H2,1H3. The van der Waals surface area contributed by atoms with Crippen molar-refractivity contribution >= 4 is 11.9 Å². The first-order chi connectivity index (χ1) is 13.2.